The van der Waals surface area contributed by atoms with Crippen LogP contribution in [0.4, 0.5) is 17.1 Å². The van der Waals surface area contributed by atoms with Gasteiger partial charge in [-0.1, -0.05) is 133 Å². The summed E-state index contributed by atoms with van der Waals surface area (Å²) in [6, 6.07) is 62.0. The molecule has 10 aromatic rings. The molecule has 2 heterocycles. The van der Waals surface area contributed by atoms with Crippen molar-refractivity contribution in [2.45, 2.75) is 0 Å². The Balaban J connectivity index is 1.34. The molecular formula is C46H29NO2. The number of rotatable bonds is 5. The van der Waals surface area contributed by atoms with Gasteiger partial charge >= 0.3 is 0 Å². The Kier molecular flexibility index (Phi) is 6.18. The third-order valence-electron chi connectivity index (χ3n) is 9.68. The van der Waals surface area contributed by atoms with Gasteiger partial charge in [-0.15, -0.1) is 0 Å². The Bertz CT molecular complexity index is 2830. The maximum Gasteiger partial charge on any atom is 0.160 e. The molecule has 0 atom stereocenters. The largest absolute Gasteiger partial charge is 0.456 e. The summed E-state index contributed by atoms with van der Waals surface area (Å²) in [7, 11) is 0. The summed E-state index contributed by atoms with van der Waals surface area (Å²) in [5.74, 6) is 0. The highest BCUT2D eigenvalue weighted by Crippen LogP contribution is 2.50. The van der Waals surface area contributed by atoms with Gasteiger partial charge in [0.05, 0.1) is 17.1 Å². The van der Waals surface area contributed by atoms with Gasteiger partial charge in [-0.25, -0.2) is 0 Å². The number of furan rings is 2. The van der Waals surface area contributed by atoms with Gasteiger partial charge in [0.1, 0.15) is 16.7 Å². The SMILES string of the molecule is c1ccc(-c2ccc3c(oc4ccccc43)c2N(c2ccc3c(c2)oc2ccccc23)c2ccc(-c3ccccc3)c3ccccc23)cc1. The molecule has 0 amide bonds. The second kappa shape index (κ2) is 11.0. The van der Waals surface area contributed by atoms with Gasteiger partial charge in [-0.2, -0.15) is 0 Å². The fourth-order valence-corrected chi connectivity index (χ4v) is 7.44. The van der Waals surface area contributed by atoms with Gasteiger partial charge < -0.3 is 13.7 Å². The van der Waals surface area contributed by atoms with Crippen LogP contribution in [-0.4, -0.2) is 0 Å². The third-order valence-corrected chi connectivity index (χ3v) is 9.68. The Morgan fingerprint density at radius 1 is 0.347 bits per heavy atom. The van der Waals surface area contributed by atoms with E-state index in [-0.39, 0.29) is 0 Å². The molecule has 2 aromatic heterocycles. The molecule has 0 spiro atoms. The third kappa shape index (κ3) is 4.37. The summed E-state index contributed by atoms with van der Waals surface area (Å²) in [4.78, 5) is 2.37. The van der Waals surface area contributed by atoms with Crippen molar-refractivity contribution in [3.63, 3.8) is 0 Å². The lowest BCUT2D eigenvalue weighted by Gasteiger charge is -2.29. The van der Waals surface area contributed by atoms with Crippen LogP contribution < -0.4 is 4.90 Å². The van der Waals surface area contributed by atoms with Gasteiger partial charge in [0.15, 0.2) is 5.58 Å². The molecule has 10 rings (SSSR count). The van der Waals surface area contributed by atoms with Crippen molar-refractivity contribution in [1.82, 2.24) is 0 Å². The van der Waals surface area contributed by atoms with Crippen molar-refractivity contribution in [3.05, 3.63) is 176 Å². The predicted octanol–water partition coefficient (Wildman–Crippen LogP) is 13.4. The maximum absolute atomic E-state index is 6.85. The maximum atomic E-state index is 6.85. The van der Waals surface area contributed by atoms with Gasteiger partial charge in [0.2, 0.25) is 0 Å². The van der Waals surface area contributed by atoms with Crippen LogP contribution in [0.25, 0.3) is 76.9 Å². The molecule has 3 heteroatoms. The molecule has 0 aliphatic heterocycles. The number of hydrogen-bond acceptors (Lipinski definition) is 3. The van der Waals surface area contributed by atoms with Crippen molar-refractivity contribution < 1.29 is 8.83 Å². The summed E-state index contributed by atoms with van der Waals surface area (Å²) in [5, 5.41) is 6.69. The molecule has 0 aliphatic carbocycles. The zero-order chi connectivity index (χ0) is 32.3. The lowest BCUT2D eigenvalue weighted by Crippen LogP contribution is -2.12. The van der Waals surface area contributed by atoms with Crippen LogP contribution in [0.15, 0.2) is 185 Å². The average molecular weight is 628 g/mol. The standard InChI is InChI=1S/C46H29NO2/c1-3-13-30(14-4-1)33-27-28-41(36-18-8-7-17-35(33)36)47(32-23-24-39-37-19-9-11-21-42(37)48-44(39)29-32)45-34(31-15-5-2-6-16-31)25-26-40-38-20-10-12-22-43(38)49-46(40)45/h1-29H. The molecule has 0 bridgehead atoms. The molecule has 0 saturated carbocycles. The second-order valence-corrected chi connectivity index (χ2v) is 12.5. The van der Waals surface area contributed by atoms with Crippen LogP contribution in [0.1, 0.15) is 0 Å². The minimum atomic E-state index is 0.837. The van der Waals surface area contributed by atoms with E-state index in [9.17, 15) is 0 Å². The Hall–Kier alpha value is -6.58. The topological polar surface area (TPSA) is 29.5 Å². The smallest absolute Gasteiger partial charge is 0.160 e. The van der Waals surface area contributed by atoms with E-state index in [1.807, 2.05) is 18.2 Å². The summed E-state index contributed by atoms with van der Waals surface area (Å²) in [6.07, 6.45) is 0. The van der Waals surface area contributed by atoms with Crippen molar-refractivity contribution >= 4 is 71.7 Å². The van der Waals surface area contributed by atoms with Crippen LogP contribution in [0.5, 0.6) is 0 Å². The summed E-state index contributed by atoms with van der Waals surface area (Å²) >= 11 is 0. The van der Waals surface area contributed by atoms with Gasteiger partial charge in [-0.3, -0.25) is 0 Å². The number of benzene rings is 8. The monoisotopic (exact) mass is 627 g/mol. The van der Waals surface area contributed by atoms with E-state index in [0.29, 0.717) is 0 Å². The number of hydrogen-bond donors (Lipinski definition) is 0. The van der Waals surface area contributed by atoms with Crippen molar-refractivity contribution in [3.8, 4) is 22.3 Å². The van der Waals surface area contributed by atoms with E-state index in [4.69, 9.17) is 8.83 Å². The number of fused-ring (bicyclic) bond motifs is 7. The number of para-hydroxylation sites is 2. The average Bonchev–Trinajstić information content (AvgIpc) is 3.74. The second-order valence-electron chi connectivity index (χ2n) is 12.5. The van der Waals surface area contributed by atoms with E-state index >= 15 is 0 Å². The zero-order valence-electron chi connectivity index (χ0n) is 26.5. The summed E-state index contributed by atoms with van der Waals surface area (Å²) in [6.45, 7) is 0. The van der Waals surface area contributed by atoms with Crippen LogP contribution in [0.3, 0.4) is 0 Å². The molecule has 0 radical (unpaired) electrons. The molecule has 0 fully saturated rings. The number of nitrogens with zero attached hydrogens (tertiary/aromatic N) is 1. The Morgan fingerprint density at radius 3 is 1.61 bits per heavy atom. The van der Waals surface area contributed by atoms with E-state index in [1.165, 1.54) is 16.5 Å². The molecule has 0 saturated heterocycles. The van der Waals surface area contributed by atoms with E-state index < -0.39 is 0 Å². The van der Waals surface area contributed by atoms with Gasteiger partial charge in [-0.05, 0) is 58.5 Å². The van der Waals surface area contributed by atoms with Crippen LogP contribution in [-0.2, 0) is 0 Å². The van der Waals surface area contributed by atoms with Crippen molar-refractivity contribution in [2.24, 2.45) is 0 Å². The molecule has 0 unspecified atom stereocenters. The van der Waals surface area contributed by atoms with Gasteiger partial charge in [0, 0.05) is 38.6 Å². The van der Waals surface area contributed by atoms with Crippen molar-refractivity contribution in [2.75, 3.05) is 4.90 Å². The summed E-state index contributed by atoms with van der Waals surface area (Å²) < 4.78 is 13.3. The fraction of sp³-hybridized carbons (Fsp3) is 0. The summed E-state index contributed by atoms with van der Waals surface area (Å²) in [5.41, 5.74) is 11.0. The van der Waals surface area contributed by atoms with Crippen LogP contribution >= 0.6 is 0 Å². The molecule has 230 valence electrons. The Labute approximate surface area is 282 Å². The van der Waals surface area contributed by atoms with E-state index in [2.05, 4.69) is 163 Å². The first-order valence-electron chi connectivity index (χ1n) is 16.6. The molecular weight excluding hydrogens is 599 g/mol. The molecule has 49 heavy (non-hydrogen) atoms. The molecule has 0 N–H and O–H groups in total. The van der Waals surface area contributed by atoms with Crippen LogP contribution in [0.2, 0.25) is 0 Å². The Morgan fingerprint density at radius 2 is 0.878 bits per heavy atom. The minimum absolute atomic E-state index is 0.837. The lowest BCUT2D eigenvalue weighted by molar-refractivity contribution is 0.667. The van der Waals surface area contributed by atoms with Crippen LogP contribution in [0, 0.1) is 0 Å². The lowest BCUT2D eigenvalue weighted by atomic mass is 9.95. The van der Waals surface area contributed by atoms with Gasteiger partial charge in [0.25, 0.3) is 0 Å². The minimum Gasteiger partial charge on any atom is -0.456 e. The van der Waals surface area contributed by atoms with E-state index in [0.717, 1.165) is 77.5 Å². The number of anilines is 3. The first-order chi connectivity index (χ1) is 24.3. The highest BCUT2D eigenvalue weighted by atomic mass is 16.3. The molecule has 0 aliphatic rings. The molecule has 8 aromatic carbocycles. The fourth-order valence-electron chi connectivity index (χ4n) is 7.44. The highest BCUT2D eigenvalue weighted by molar-refractivity contribution is 6.16. The normalized spacial score (nSPS) is 11.7. The first kappa shape index (κ1) is 27.5. The highest BCUT2D eigenvalue weighted by Gasteiger charge is 2.26. The zero-order valence-corrected chi connectivity index (χ0v) is 26.5. The van der Waals surface area contributed by atoms with E-state index in [1.54, 1.807) is 0 Å². The van der Waals surface area contributed by atoms with Crippen molar-refractivity contribution in [1.29, 1.82) is 0 Å². The first-order valence-corrected chi connectivity index (χ1v) is 16.6. The molecule has 3 nitrogen and oxygen atoms in total. The predicted molar refractivity (Wildman–Crippen MR) is 204 cm³/mol. The quantitative estimate of drug-likeness (QED) is 0.190.